The number of benzene rings is 2. The van der Waals surface area contributed by atoms with Gasteiger partial charge in [-0.05, 0) is 48.8 Å². The van der Waals surface area contributed by atoms with E-state index < -0.39 is 17.5 Å². The number of amides is 1. The number of aryl methyl sites for hydroxylation is 1. The number of carboxylic acid groups (broad SMARTS) is 1. The summed E-state index contributed by atoms with van der Waals surface area (Å²) in [6, 6.07) is 15.4. The van der Waals surface area contributed by atoms with Gasteiger partial charge in [0.15, 0.2) is 5.76 Å². The number of hydrogen-bond donors (Lipinski definition) is 2. The summed E-state index contributed by atoms with van der Waals surface area (Å²) in [7, 11) is 0. The van der Waals surface area contributed by atoms with Gasteiger partial charge in [-0.2, -0.15) is 0 Å². The Kier molecular flexibility index (Phi) is 5.98. The Labute approximate surface area is 199 Å². The van der Waals surface area contributed by atoms with E-state index in [0.29, 0.717) is 30.0 Å². The van der Waals surface area contributed by atoms with Gasteiger partial charge >= 0.3 is 12.1 Å². The highest BCUT2D eigenvalue weighted by Crippen LogP contribution is 2.48. The van der Waals surface area contributed by atoms with Gasteiger partial charge in [0.2, 0.25) is 0 Å². The summed E-state index contributed by atoms with van der Waals surface area (Å²) in [5.41, 5.74) is 3.74. The highest BCUT2D eigenvalue weighted by atomic mass is 16.6. The lowest BCUT2D eigenvalue weighted by Crippen LogP contribution is -2.30. The number of carbonyl (C=O) groups excluding carboxylic acids is 1. The minimum atomic E-state index is -0.756. The molecule has 1 amide bonds. The maximum Gasteiger partial charge on any atom is 0.412 e. The summed E-state index contributed by atoms with van der Waals surface area (Å²) in [5, 5.41) is 16.4. The van der Waals surface area contributed by atoms with Crippen LogP contribution in [-0.2, 0) is 14.9 Å². The maximum atomic E-state index is 12.4. The lowest BCUT2D eigenvalue weighted by molar-refractivity contribution is -0.140. The van der Waals surface area contributed by atoms with Crippen LogP contribution in [0.25, 0.3) is 22.4 Å². The molecule has 3 aromatic rings. The molecule has 0 saturated heterocycles. The van der Waals surface area contributed by atoms with E-state index in [-0.39, 0.29) is 11.5 Å². The standard InChI is InChI=1S/C27H30N2O5/c1-16-22(28-25(32)33-17(2)26(3,4)5)23(29-34-16)20-8-6-18(7-9-20)19-10-12-21(13-11-19)27(14-15-27)24(30)31/h6-13,17H,14-15H2,1-5H3,(H,28,32)(H,30,31)/t17-/m1/s1. The number of carbonyl (C=O) groups is 2. The van der Waals surface area contributed by atoms with E-state index >= 15 is 0 Å². The van der Waals surface area contributed by atoms with E-state index in [0.717, 1.165) is 22.3 Å². The number of carboxylic acids is 1. The summed E-state index contributed by atoms with van der Waals surface area (Å²) in [4.78, 5) is 24.0. The van der Waals surface area contributed by atoms with Gasteiger partial charge in [0.1, 0.15) is 17.5 Å². The van der Waals surface area contributed by atoms with Gasteiger partial charge in [-0.1, -0.05) is 74.5 Å². The van der Waals surface area contributed by atoms with Gasteiger partial charge in [-0.3, -0.25) is 10.1 Å². The predicted molar refractivity (Wildman–Crippen MR) is 130 cm³/mol. The molecule has 0 aliphatic heterocycles. The number of aliphatic carboxylic acids is 1. The van der Waals surface area contributed by atoms with Crippen LogP contribution in [-0.4, -0.2) is 28.4 Å². The van der Waals surface area contributed by atoms with E-state index in [2.05, 4.69) is 10.5 Å². The Morgan fingerprint density at radius 2 is 1.56 bits per heavy atom. The van der Waals surface area contributed by atoms with Gasteiger partial charge in [0.25, 0.3) is 0 Å². The fourth-order valence-corrected chi connectivity index (χ4v) is 3.74. The van der Waals surface area contributed by atoms with Crippen LogP contribution in [0.4, 0.5) is 10.5 Å². The molecule has 2 aromatic carbocycles. The molecule has 7 heteroatoms. The minimum Gasteiger partial charge on any atom is -0.481 e. The first kappa shape index (κ1) is 23.5. The molecule has 7 nitrogen and oxygen atoms in total. The molecular weight excluding hydrogens is 432 g/mol. The van der Waals surface area contributed by atoms with Gasteiger partial charge < -0.3 is 14.4 Å². The van der Waals surface area contributed by atoms with Crippen molar-refractivity contribution in [2.75, 3.05) is 5.32 Å². The second-order valence-electron chi connectivity index (χ2n) is 10.0. The van der Waals surface area contributed by atoms with Crippen LogP contribution < -0.4 is 5.32 Å². The Hall–Kier alpha value is -3.61. The van der Waals surface area contributed by atoms with Crippen molar-refractivity contribution >= 4 is 17.7 Å². The van der Waals surface area contributed by atoms with E-state index in [1.54, 1.807) is 6.92 Å². The fraction of sp³-hybridized carbons (Fsp3) is 0.370. The molecule has 1 heterocycles. The summed E-state index contributed by atoms with van der Waals surface area (Å²) in [5.74, 6) is -0.267. The van der Waals surface area contributed by atoms with Crippen molar-refractivity contribution in [3.63, 3.8) is 0 Å². The van der Waals surface area contributed by atoms with E-state index in [1.165, 1.54) is 0 Å². The first-order valence-corrected chi connectivity index (χ1v) is 11.4. The highest BCUT2D eigenvalue weighted by Gasteiger charge is 2.51. The first-order chi connectivity index (χ1) is 16.0. The van der Waals surface area contributed by atoms with Gasteiger partial charge in [0, 0.05) is 5.56 Å². The molecular formula is C27H30N2O5. The quantitative estimate of drug-likeness (QED) is 0.438. The largest absolute Gasteiger partial charge is 0.481 e. The van der Waals surface area contributed by atoms with Crippen LogP contribution in [0.3, 0.4) is 0 Å². The van der Waals surface area contributed by atoms with Crippen molar-refractivity contribution < 1.29 is 24.0 Å². The van der Waals surface area contributed by atoms with Crippen LogP contribution in [0.2, 0.25) is 0 Å². The average molecular weight is 463 g/mol. The monoisotopic (exact) mass is 462 g/mol. The molecule has 0 bridgehead atoms. The minimum absolute atomic E-state index is 0.176. The number of aromatic nitrogens is 1. The Morgan fingerprint density at radius 3 is 2.06 bits per heavy atom. The van der Waals surface area contributed by atoms with Crippen molar-refractivity contribution in [1.82, 2.24) is 5.16 Å². The third-order valence-electron chi connectivity index (χ3n) is 6.68. The van der Waals surface area contributed by atoms with Crippen LogP contribution >= 0.6 is 0 Å². The number of anilines is 1. The summed E-state index contributed by atoms with van der Waals surface area (Å²) >= 11 is 0. The molecule has 1 fully saturated rings. The Bertz CT molecular complexity index is 1200. The zero-order valence-electron chi connectivity index (χ0n) is 20.1. The van der Waals surface area contributed by atoms with E-state index in [9.17, 15) is 14.7 Å². The van der Waals surface area contributed by atoms with E-state index in [1.807, 2.05) is 76.2 Å². The van der Waals surface area contributed by atoms with Gasteiger partial charge in [0.05, 0.1) is 5.41 Å². The maximum absolute atomic E-state index is 12.4. The normalized spacial score (nSPS) is 15.4. The molecule has 1 aromatic heterocycles. The number of rotatable bonds is 6. The second kappa shape index (κ2) is 8.63. The van der Waals surface area contributed by atoms with Crippen molar-refractivity contribution in [3.05, 3.63) is 59.9 Å². The molecule has 0 radical (unpaired) electrons. The molecule has 4 rings (SSSR count). The molecule has 1 aliphatic carbocycles. The molecule has 1 aliphatic rings. The highest BCUT2D eigenvalue weighted by molar-refractivity contribution is 5.91. The topological polar surface area (TPSA) is 102 Å². The number of nitrogens with zero attached hydrogens (tertiary/aromatic N) is 1. The predicted octanol–water partition coefficient (Wildman–Crippen LogP) is 6.42. The molecule has 1 saturated carbocycles. The first-order valence-electron chi connectivity index (χ1n) is 11.4. The number of nitrogens with one attached hydrogen (secondary N) is 1. The van der Waals surface area contributed by atoms with Gasteiger partial charge in [-0.25, -0.2) is 4.79 Å². The summed E-state index contributed by atoms with van der Waals surface area (Å²) in [6.45, 7) is 9.61. The third-order valence-corrected chi connectivity index (χ3v) is 6.68. The van der Waals surface area contributed by atoms with E-state index in [4.69, 9.17) is 9.26 Å². The number of hydrogen-bond acceptors (Lipinski definition) is 5. The molecule has 0 unspecified atom stereocenters. The SMILES string of the molecule is Cc1onc(-c2ccc(-c3ccc(C4(C(=O)O)CC4)cc3)cc2)c1NC(=O)O[C@H](C)C(C)(C)C. The fourth-order valence-electron chi connectivity index (χ4n) is 3.74. The third kappa shape index (κ3) is 4.55. The molecule has 34 heavy (non-hydrogen) atoms. The smallest absolute Gasteiger partial charge is 0.412 e. The van der Waals surface area contributed by atoms with Crippen LogP contribution in [0.1, 0.15) is 51.9 Å². The lowest BCUT2D eigenvalue weighted by atomic mass is 9.90. The zero-order valence-corrected chi connectivity index (χ0v) is 20.1. The second-order valence-corrected chi connectivity index (χ2v) is 10.0. The Morgan fingerprint density at radius 1 is 1.03 bits per heavy atom. The molecule has 178 valence electrons. The van der Waals surface area contributed by atoms with Crippen molar-refractivity contribution in [2.24, 2.45) is 5.41 Å². The zero-order chi connectivity index (χ0) is 24.7. The lowest BCUT2D eigenvalue weighted by Gasteiger charge is -2.26. The molecule has 1 atom stereocenters. The Balaban J connectivity index is 1.51. The van der Waals surface area contributed by atoms with Crippen molar-refractivity contribution in [2.45, 2.75) is 59.0 Å². The molecule has 2 N–H and O–H groups in total. The van der Waals surface area contributed by atoms with Gasteiger partial charge in [-0.15, -0.1) is 0 Å². The van der Waals surface area contributed by atoms with Crippen LogP contribution in [0, 0.1) is 12.3 Å². The summed E-state index contributed by atoms with van der Waals surface area (Å²) < 4.78 is 10.8. The summed E-state index contributed by atoms with van der Waals surface area (Å²) in [6.07, 6.45) is 0.549. The van der Waals surface area contributed by atoms with Crippen molar-refractivity contribution in [1.29, 1.82) is 0 Å². The average Bonchev–Trinajstić information content (AvgIpc) is 3.53. The van der Waals surface area contributed by atoms with Crippen LogP contribution in [0.15, 0.2) is 53.1 Å². The number of ether oxygens (including phenoxy) is 1. The molecule has 0 spiro atoms. The van der Waals surface area contributed by atoms with Crippen LogP contribution in [0.5, 0.6) is 0 Å². The van der Waals surface area contributed by atoms with Crippen molar-refractivity contribution in [3.8, 4) is 22.4 Å².